The number of aliphatic carboxylic acids is 1. The van der Waals surface area contributed by atoms with Gasteiger partial charge in [0.25, 0.3) is 0 Å². The molecule has 0 aromatic carbocycles. The summed E-state index contributed by atoms with van der Waals surface area (Å²) >= 11 is 0. The van der Waals surface area contributed by atoms with E-state index in [9.17, 15) is 27.6 Å². The Morgan fingerprint density at radius 3 is 2.38 bits per heavy atom. The Hall–Kier alpha value is -1.80. The molecule has 1 fully saturated rings. The molecule has 9 heteroatoms. The van der Waals surface area contributed by atoms with Crippen molar-refractivity contribution in [3.63, 3.8) is 0 Å². The second kappa shape index (κ2) is 6.77. The summed E-state index contributed by atoms with van der Waals surface area (Å²) in [5.74, 6) is -5.61. The van der Waals surface area contributed by atoms with Crippen molar-refractivity contribution in [1.29, 1.82) is 0 Å². The summed E-state index contributed by atoms with van der Waals surface area (Å²) in [4.78, 5) is 33.5. The van der Waals surface area contributed by atoms with Gasteiger partial charge in [-0.1, -0.05) is 6.42 Å². The number of hydrogen-bond acceptors (Lipinski definition) is 3. The van der Waals surface area contributed by atoms with Crippen LogP contribution in [0.2, 0.25) is 0 Å². The second-order valence-electron chi connectivity index (χ2n) is 5.17. The lowest BCUT2D eigenvalue weighted by Gasteiger charge is -2.30. The standard InChI is InChI=1S/C12H17F3N2O4/c13-12(14,15)7-3-1-2-6(4-7)10(19)17-8(11(20)21)5-9(16)18/h6-8H,1-5H2,(H2,16,18)(H,17,19)(H,20,21). The minimum atomic E-state index is -4.36. The highest BCUT2D eigenvalue weighted by Crippen LogP contribution is 2.39. The van der Waals surface area contributed by atoms with E-state index in [2.05, 4.69) is 5.32 Å². The molecule has 6 nitrogen and oxygen atoms in total. The zero-order valence-electron chi connectivity index (χ0n) is 11.2. The third-order valence-electron chi connectivity index (χ3n) is 3.53. The normalized spacial score (nSPS) is 24.1. The van der Waals surface area contributed by atoms with Crippen molar-refractivity contribution in [1.82, 2.24) is 5.32 Å². The number of alkyl halides is 3. The Kier molecular flexibility index (Phi) is 5.56. The van der Waals surface area contributed by atoms with Crippen LogP contribution in [-0.4, -0.2) is 35.1 Å². The average molecular weight is 310 g/mol. The van der Waals surface area contributed by atoms with Gasteiger partial charge in [-0.2, -0.15) is 13.2 Å². The van der Waals surface area contributed by atoms with Crippen LogP contribution in [0.5, 0.6) is 0 Å². The number of carbonyl (C=O) groups excluding carboxylic acids is 2. The molecule has 21 heavy (non-hydrogen) atoms. The fourth-order valence-electron chi connectivity index (χ4n) is 2.42. The smallest absolute Gasteiger partial charge is 0.391 e. The van der Waals surface area contributed by atoms with Gasteiger partial charge in [-0.3, -0.25) is 9.59 Å². The minimum Gasteiger partial charge on any atom is -0.480 e. The van der Waals surface area contributed by atoms with E-state index < -0.39 is 48.3 Å². The van der Waals surface area contributed by atoms with E-state index in [4.69, 9.17) is 10.8 Å². The van der Waals surface area contributed by atoms with Crippen molar-refractivity contribution >= 4 is 17.8 Å². The van der Waals surface area contributed by atoms with Crippen molar-refractivity contribution in [2.75, 3.05) is 0 Å². The fraction of sp³-hybridized carbons (Fsp3) is 0.750. The number of nitrogens with two attached hydrogens (primary N) is 1. The van der Waals surface area contributed by atoms with Gasteiger partial charge in [0.05, 0.1) is 12.3 Å². The van der Waals surface area contributed by atoms with Crippen LogP contribution in [0, 0.1) is 11.8 Å². The number of amides is 2. The van der Waals surface area contributed by atoms with Gasteiger partial charge >= 0.3 is 12.1 Å². The largest absolute Gasteiger partial charge is 0.480 e. The van der Waals surface area contributed by atoms with Gasteiger partial charge in [-0.15, -0.1) is 0 Å². The maximum atomic E-state index is 12.7. The van der Waals surface area contributed by atoms with E-state index in [-0.39, 0.29) is 25.7 Å². The summed E-state index contributed by atoms with van der Waals surface area (Å²) in [6.07, 6.45) is -4.85. The van der Waals surface area contributed by atoms with Crippen molar-refractivity contribution in [3.05, 3.63) is 0 Å². The predicted octanol–water partition coefficient (Wildman–Crippen LogP) is 0.800. The zero-order chi connectivity index (χ0) is 16.2. The Labute approximate surface area is 118 Å². The number of carboxylic acids is 1. The molecule has 3 atom stereocenters. The first-order valence-electron chi connectivity index (χ1n) is 6.49. The number of hydrogen-bond donors (Lipinski definition) is 3. The quantitative estimate of drug-likeness (QED) is 0.697. The highest BCUT2D eigenvalue weighted by atomic mass is 19.4. The SMILES string of the molecule is NC(=O)CC(NC(=O)C1CCCC(C(F)(F)F)C1)C(=O)O. The van der Waals surface area contributed by atoms with Crippen LogP contribution in [0.3, 0.4) is 0 Å². The van der Waals surface area contributed by atoms with E-state index in [0.29, 0.717) is 0 Å². The molecule has 0 aromatic heterocycles. The molecule has 0 bridgehead atoms. The molecule has 0 aromatic rings. The van der Waals surface area contributed by atoms with E-state index >= 15 is 0 Å². The summed E-state index contributed by atoms with van der Waals surface area (Å²) in [6, 6.07) is -1.51. The monoisotopic (exact) mass is 310 g/mol. The summed E-state index contributed by atoms with van der Waals surface area (Å²) in [6.45, 7) is 0. The first-order chi connectivity index (χ1) is 9.61. The highest BCUT2D eigenvalue weighted by Gasteiger charge is 2.43. The third-order valence-corrected chi connectivity index (χ3v) is 3.53. The van der Waals surface area contributed by atoms with Gasteiger partial charge in [0.2, 0.25) is 11.8 Å². The Balaban J connectivity index is 2.65. The van der Waals surface area contributed by atoms with Crippen molar-refractivity contribution < 1.29 is 32.7 Å². The lowest BCUT2D eigenvalue weighted by Crippen LogP contribution is -2.47. The third kappa shape index (κ3) is 5.24. The van der Waals surface area contributed by atoms with E-state index in [1.807, 2.05) is 0 Å². The molecule has 1 rings (SSSR count). The molecular weight excluding hydrogens is 293 g/mol. The average Bonchev–Trinajstić information content (AvgIpc) is 2.36. The van der Waals surface area contributed by atoms with E-state index in [1.54, 1.807) is 0 Å². The van der Waals surface area contributed by atoms with Gasteiger partial charge in [0.15, 0.2) is 0 Å². The fourth-order valence-corrected chi connectivity index (χ4v) is 2.42. The number of primary amides is 1. The number of carboxylic acid groups (broad SMARTS) is 1. The van der Waals surface area contributed by atoms with Crippen molar-refractivity contribution in [2.45, 2.75) is 44.3 Å². The Bertz CT molecular complexity index is 425. The molecule has 3 unspecified atom stereocenters. The van der Waals surface area contributed by atoms with Crippen molar-refractivity contribution in [3.8, 4) is 0 Å². The molecule has 0 saturated heterocycles. The number of halogens is 3. The van der Waals surface area contributed by atoms with Gasteiger partial charge in [-0.05, 0) is 19.3 Å². The van der Waals surface area contributed by atoms with Crippen LogP contribution >= 0.6 is 0 Å². The molecular formula is C12H17F3N2O4. The summed E-state index contributed by atoms with van der Waals surface area (Å²) < 4.78 is 38.0. The molecule has 1 aliphatic carbocycles. The van der Waals surface area contributed by atoms with Crippen LogP contribution in [0.15, 0.2) is 0 Å². The molecule has 4 N–H and O–H groups in total. The van der Waals surface area contributed by atoms with Gasteiger partial charge in [0.1, 0.15) is 6.04 Å². The van der Waals surface area contributed by atoms with Crippen LogP contribution in [0.25, 0.3) is 0 Å². The number of nitrogens with one attached hydrogen (secondary N) is 1. The molecule has 0 heterocycles. The van der Waals surface area contributed by atoms with Crippen LogP contribution in [-0.2, 0) is 14.4 Å². The van der Waals surface area contributed by atoms with Gasteiger partial charge in [0, 0.05) is 5.92 Å². The predicted molar refractivity (Wildman–Crippen MR) is 64.9 cm³/mol. The topological polar surface area (TPSA) is 109 Å². The molecule has 120 valence electrons. The van der Waals surface area contributed by atoms with Crippen LogP contribution in [0.1, 0.15) is 32.1 Å². The second-order valence-corrected chi connectivity index (χ2v) is 5.17. The molecule has 0 aliphatic heterocycles. The Morgan fingerprint density at radius 1 is 1.29 bits per heavy atom. The summed E-state index contributed by atoms with van der Waals surface area (Å²) in [5.41, 5.74) is 4.86. The maximum Gasteiger partial charge on any atom is 0.391 e. The molecule has 0 spiro atoms. The molecule has 1 saturated carbocycles. The molecule has 1 aliphatic rings. The summed E-state index contributed by atoms with van der Waals surface area (Å²) in [7, 11) is 0. The lowest BCUT2D eigenvalue weighted by atomic mass is 9.80. The Morgan fingerprint density at radius 2 is 1.90 bits per heavy atom. The summed E-state index contributed by atoms with van der Waals surface area (Å²) in [5, 5.41) is 10.9. The lowest BCUT2D eigenvalue weighted by molar-refractivity contribution is -0.186. The number of rotatable bonds is 5. The van der Waals surface area contributed by atoms with Crippen LogP contribution < -0.4 is 11.1 Å². The minimum absolute atomic E-state index is 0.0308. The van der Waals surface area contributed by atoms with Gasteiger partial charge in [-0.25, -0.2) is 4.79 Å². The van der Waals surface area contributed by atoms with E-state index in [1.165, 1.54) is 0 Å². The maximum absolute atomic E-state index is 12.7. The van der Waals surface area contributed by atoms with Crippen molar-refractivity contribution in [2.24, 2.45) is 17.6 Å². The zero-order valence-corrected chi connectivity index (χ0v) is 11.2. The van der Waals surface area contributed by atoms with Crippen LogP contribution in [0.4, 0.5) is 13.2 Å². The highest BCUT2D eigenvalue weighted by molar-refractivity contribution is 5.88. The molecule has 0 radical (unpaired) electrons. The number of carbonyl (C=O) groups is 3. The first-order valence-corrected chi connectivity index (χ1v) is 6.49. The van der Waals surface area contributed by atoms with E-state index in [0.717, 1.165) is 0 Å². The van der Waals surface area contributed by atoms with Gasteiger partial charge < -0.3 is 16.2 Å². The molecule has 2 amide bonds. The first kappa shape index (κ1) is 17.3.